The van der Waals surface area contributed by atoms with Gasteiger partial charge >= 0.3 is 5.97 Å². The van der Waals surface area contributed by atoms with Crippen molar-refractivity contribution in [3.8, 4) is 0 Å². The van der Waals surface area contributed by atoms with E-state index in [1.165, 1.54) is 16.0 Å². The van der Waals surface area contributed by atoms with Crippen LogP contribution in [0.2, 0.25) is 0 Å². The predicted octanol–water partition coefficient (Wildman–Crippen LogP) is 2.59. The maximum Gasteiger partial charge on any atom is 0.323 e. The van der Waals surface area contributed by atoms with E-state index in [0.717, 1.165) is 0 Å². The van der Waals surface area contributed by atoms with Crippen LogP contribution in [-0.2, 0) is 4.79 Å². The summed E-state index contributed by atoms with van der Waals surface area (Å²) < 4.78 is 0. The van der Waals surface area contributed by atoms with Crippen molar-refractivity contribution in [2.75, 3.05) is 5.75 Å². The van der Waals surface area contributed by atoms with E-state index in [1.807, 2.05) is 0 Å². The van der Waals surface area contributed by atoms with Crippen LogP contribution >= 0.6 is 11.8 Å². The summed E-state index contributed by atoms with van der Waals surface area (Å²) in [6.45, 7) is 5.68. The molecule has 0 saturated carbocycles. The first kappa shape index (κ1) is 14.1. The molecule has 1 rings (SSSR count). The molecular weight excluding hydrogens is 234 g/mol. The Hall–Kier alpha value is -1.00. The molecule has 0 spiro atoms. The summed E-state index contributed by atoms with van der Waals surface area (Å²) in [5.74, 6) is -0.234. The number of rotatable bonds is 5. The molecule has 0 aliphatic rings. The molecule has 1 aromatic carbocycles. The molecule has 0 bridgehead atoms. The number of aliphatic carboxylic acids is 1. The maximum absolute atomic E-state index is 10.8. The summed E-state index contributed by atoms with van der Waals surface area (Å²) in [5.41, 5.74) is 7.00. The van der Waals surface area contributed by atoms with Gasteiger partial charge in [0.05, 0.1) is 0 Å². The van der Waals surface area contributed by atoms with Crippen molar-refractivity contribution < 1.29 is 9.90 Å². The Bertz CT molecular complexity index is 416. The predicted molar refractivity (Wildman–Crippen MR) is 71.5 cm³/mol. The van der Waals surface area contributed by atoms with E-state index in [0.29, 0.717) is 12.2 Å². The average Bonchev–Trinajstić information content (AvgIpc) is 2.21. The summed E-state index contributed by atoms with van der Waals surface area (Å²) >= 11 is 1.66. The number of hydrogen-bond donors (Lipinski definition) is 2. The zero-order chi connectivity index (χ0) is 13.1. The molecule has 0 radical (unpaired) electrons. The van der Waals surface area contributed by atoms with Crippen molar-refractivity contribution in [1.82, 2.24) is 0 Å². The molecule has 0 fully saturated rings. The Kier molecular flexibility index (Phi) is 4.60. The maximum atomic E-state index is 10.8. The molecule has 1 aromatic rings. The van der Waals surface area contributed by atoms with E-state index in [1.54, 1.807) is 18.7 Å². The van der Waals surface area contributed by atoms with Crippen LogP contribution in [0.15, 0.2) is 23.1 Å². The van der Waals surface area contributed by atoms with Crippen molar-refractivity contribution in [1.29, 1.82) is 0 Å². The monoisotopic (exact) mass is 253 g/mol. The average molecular weight is 253 g/mol. The SMILES string of the molecule is Cc1ccc(SCCC(C)(N)C(=O)O)c(C)c1. The van der Waals surface area contributed by atoms with Gasteiger partial charge in [-0.05, 0) is 38.8 Å². The molecular formula is C13H19NO2S. The molecule has 0 heterocycles. The quantitative estimate of drug-likeness (QED) is 0.792. The molecule has 4 heteroatoms. The highest BCUT2D eigenvalue weighted by Crippen LogP contribution is 2.25. The number of carbonyl (C=O) groups is 1. The molecule has 17 heavy (non-hydrogen) atoms. The standard InChI is InChI=1S/C13H19NO2S/c1-9-4-5-11(10(2)8-9)17-7-6-13(3,14)12(15)16/h4-5,8H,6-7,14H2,1-3H3,(H,15,16). The molecule has 94 valence electrons. The fourth-order valence-corrected chi connectivity index (χ4v) is 2.64. The van der Waals surface area contributed by atoms with Crippen LogP contribution in [-0.4, -0.2) is 22.4 Å². The van der Waals surface area contributed by atoms with Gasteiger partial charge in [0.25, 0.3) is 0 Å². The second-order valence-electron chi connectivity index (χ2n) is 4.59. The lowest BCUT2D eigenvalue weighted by Gasteiger charge is -2.18. The van der Waals surface area contributed by atoms with Gasteiger partial charge in [0.2, 0.25) is 0 Å². The first-order valence-corrected chi connectivity index (χ1v) is 6.54. The Morgan fingerprint density at radius 1 is 1.47 bits per heavy atom. The molecule has 3 N–H and O–H groups in total. The number of nitrogens with two attached hydrogens (primary N) is 1. The van der Waals surface area contributed by atoms with Gasteiger partial charge in [-0.25, -0.2) is 0 Å². The Labute approximate surface area is 106 Å². The van der Waals surface area contributed by atoms with Crippen LogP contribution in [0.5, 0.6) is 0 Å². The van der Waals surface area contributed by atoms with Gasteiger partial charge in [-0.1, -0.05) is 17.7 Å². The number of carboxylic acids is 1. The molecule has 1 unspecified atom stereocenters. The zero-order valence-electron chi connectivity index (χ0n) is 10.5. The van der Waals surface area contributed by atoms with Crippen LogP contribution in [0, 0.1) is 13.8 Å². The molecule has 3 nitrogen and oxygen atoms in total. The molecule has 1 atom stereocenters. The lowest BCUT2D eigenvalue weighted by molar-refractivity contribution is -0.142. The number of benzene rings is 1. The lowest BCUT2D eigenvalue weighted by Crippen LogP contribution is -2.45. The minimum absolute atomic E-state index is 0.459. The second-order valence-corrected chi connectivity index (χ2v) is 5.73. The second kappa shape index (κ2) is 5.56. The minimum atomic E-state index is -1.13. The number of carboxylic acid groups (broad SMARTS) is 1. The normalized spacial score (nSPS) is 14.4. The van der Waals surface area contributed by atoms with Crippen molar-refractivity contribution in [3.63, 3.8) is 0 Å². The highest BCUT2D eigenvalue weighted by Gasteiger charge is 2.27. The summed E-state index contributed by atoms with van der Waals surface area (Å²) in [5, 5.41) is 8.90. The Morgan fingerprint density at radius 3 is 2.65 bits per heavy atom. The fourth-order valence-electron chi connectivity index (χ4n) is 1.44. The summed E-state index contributed by atoms with van der Waals surface area (Å²) in [7, 11) is 0. The topological polar surface area (TPSA) is 63.3 Å². The molecule has 0 aliphatic heterocycles. The van der Waals surface area contributed by atoms with Crippen molar-refractivity contribution >= 4 is 17.7 Å². The summed E-state index contributed by atoms with van der Waals surface area (Å²) in [6, 6.07) is 6.26. The first-order chi connectivity index (χ1) is 7.83. The molecule has 0 saturated heterocycles. The van der Waals surface area contributed by atoms with Crippen LogP contribution in [0.3, 0.4) is 0 Å². The third kappa shape index (κ3) is 4.06. The van der Waals surface area contributed by atoms with E-state index < -0.39 is 11.5 Å². The highest BCUT2D eigenvalue weighted by atomic mass is 32.2. The van der Waals surface area contributed by atoms with Gasteiger partial charge in [-0.2, -0.15) is 0 Å². The van der Waals surface area contributed by atoms with E-state index >= 15 is 0 Å². The number of aryl methyl sites for hydroxylation is 2. The van der Waals surface area contributed by atoms with Crippen molar-refractivity contribution in [2.24, 2.45) is 5.73 Å². The van der Waals surface area contributed by atoms with Crippen molar-refractivity contribution in [3.05, 3.63) is 29.3 Å². The molecule has 0 aliphatic carbocycles. The van der Waals surface area contributed by atoms with Crippen LogP contribution in [0.4, 0.5) is 0 Å². The smallest absolute Gasteiger partial charge is 0.323 e. The molecule has 0 aromatic heterocycles. The van der Waals surface area contributed by atoms with Gasteiger partial charge in [-0.3, -0.25) is 4.79 Å². The van der Waals surface area contributed by atoms with E-state index in [4.69, 9.17) is 10.8 Å². The van der Waals surface area contributed by atoms with Gasteiger partial charge in [-0.15, -0.1) is 11.8 Å². The third-order valence-electron chi connectivity index (χ3n) is 2.70. The number of thioether (sulfide) groups is 1. The van der Waals surface area contributed by atoms with Gasteiger partial charge < -0.3 is 10.8 Å². The Balaban J connectivity index is 2.54. The first-order valence-electron chi connectivity index (χ1n) is 5.55. The van der Waals surface area contributed by atoms with Crippen molar-refractivity contribution in [2.45, 2.75) is 37.6 Å². The van der Waals surface area contributed by atoms with E-state index in [2.05, 4.69) is 32.0 Å². The van der Waals surface area contributed by atoms with Gasteiger partial charge in [0.1, 0.15) is 5.54 Å². The Morgan fingerprint density at radius 2 is 2.12 bits per heavy atom. The van der Waals surface area contributed by atoms with E-state index in [9.17, 15) is 4.79 Å². The number of hydrogen-bond acceptors (Lipinski definition) is 3. The van der Waals surface area contributed by atoms with Crippen LogP contribution in [0.25, 0.3) is 0 Å². The van der Waals surface area contributed by atoms with Gasteiger partial charge in [0.15, 0.2) is 0 Å². The molecule has 0 amide bonds. The summed E-state index contributed by atoms with van der Waals surface area (Å²) in [4.78, 5) is 12.0. The zero-order valence-corrected chi connectivity index (χ0v) is 11.3. The largest absolute Gasteiger partial charge is 0.480 e. The van der Waals surface area contributed by atoms with Crippen LogP contribution in [0.1, 0.15) is 24.5 Å². The minimum Gasteiger partial charge on any atom is -0.480 e. The van der Waals surface area contributed by atoms with Crippen LogP contribution < -0.4 is 5.73 Å². The fraction of sp³-hybridized carbons (Fsp3) is 0.462. The highest BCUT2D eigenvalue weighted by molar-refractivity contribution is 7.99. The van der Waals surface area contributed by atoms with Gasteiger partial charge in [0, 0.05) is 10.6 Å². The summed E-state index contributed by atoms with van der Waals surface area (Å²) in [6.07, 6.45) is 0.459. The van der Waals surface area contributed by atoms with E-state index in [-0.39, 0.29) is 0 Å². The third-order valence-corrected chi connectivity index (χ3v) is 3.88. The lowest BCUT2D eigenvalue weighted by atomic mass is 10.0.